The third kappa shape index (κ3) is 5.77. The SMILES string of the molecule is COc1ccc(-c2cn(C(=O)Nc3ccc(Oc4ccc(Cl)cc4)cc3)nc2-c2ccc(Cl)cc2)cc1. The van der Waals surface area contributed by atoms with Gasteiger partial charge in [-0.15, -0.1) is 0 Å². The van der Waals surface area contributed by atoms with Crippen molar-refractivity contribution in [2.75, 3.05) is 12.4 Å². The summed E-state index contributed by atoms with van der Waals surface area (Å²) in [5.41, 5.74) is 3.79. The number of nitrogens with zero attached hydrogens (tertiary/aromatic N) is 2. The van der Waals surface area contributed by atoms with Crippen molar-refractivity contribution >= 4 is 34.9 Å². The third-order valence-corrected chi connectivity index (χ3v) is 6.10. The van der Waals surface area contributed by atoms with Crippen molar-refractivity contribution in [1.82, 2.24) is 9.78 Å². The summed E-state index contributed by atoms with van der Waals surface area (Å²) < 4.78 is 12.4. The minimum atomic E-state index is -0.402. The molecule has 4 aromatic carbocycles. The fourth-order valence-electron chi connectivity index (χ4n) is 3.71. The van der Waals surface area contributed by atoms with Crippen LogP contribution in [0.5, 0.6) is 17.2 Å². The summed E-state index contributed by atoms with van der Waals surface area (Å²) >= 11 is 12.0. The Labute approximate surface area is 224 Å². The number of carbonyl (C=O) groups is 1. The van der Waals surface area contributed by atoms with Gasteiger partial charge >= 0.3 is 6.03 Å². The molecule has 1 aromatic heterocycles. The highest BCUT2D eigenvalue weighted by Gasteiger charge is 2.17. The highest BCUT2D eigenvalue weighted by Crippen LogP contribution is 2.33. The van der Waals surface area contributed by atoms with Crippen molar-refractivity contribution in [2.24, 2.45) is 0 Å². The van der Waals surface area contributed by atoms with Gasteiger partial charge in [0.1, 0.15) is 22.9 Å². The Bertz CT molecular complexity index is 1510. The van der Waals surface area contributed by atoms with Gasteiger partial charge in [-0.05, 0) is 78.4 Å². The number of aromatic nitrogens is 2. The lowest BCUT2D eigenvalue weighted by molar-refractivity contribution is 0.251. The zero-order valence-electron chi connectivity index (χ0n) is 19.7. The second kappa shape index (κ2) is 10.8. The molecule has 1 N–H and O–H groups in total. The standard InChI is InChI=1S/C29H21Cl2N3O3/c1-36-24-12-4-19(5-13-24)27-18-34(33-28(27)20-2-6-21(30)7-3-20)29(35)32-23-10-16-26(17-11-23)37-25-14-8-22(31)9-15-25/h2-18H,1H3,(H,32,35). The molecule has 6 nitrogen and oxygen atoms in total. The van der Waals surface area contributed by atoms with Crippen LogP contribution in [0.2, 0.25) is 10.0 Å². The molecule has 0 bridgehead atoms. The van der Waals surface area contributed by atoms with E-state index in [1.165, 1.54) is 4.68 Å². The fraction of sp³-hybridized carbons (Fsp3) is 0.0345. The molecule has 1 heterocycles. The predicted octanol–water partition coefficient (Wildman–Crippen LogP) is 8.41. The number of benzene rings is 4. The molecule has 0 saturated heterocycles. The number of halogens is 2. The second-order valence-corrected chi connectivity index (χ2v) is 8.95. The van der Waals surface area contributed by atoms with Crippen LogP contribution in [-0.2, 0) is 0 Å². The van der Waals surface area contributed by atoms with Crippen LogP contribution < -0.4 is 14.8 Å². The number of nitrogens with one attached hydrogen (secondary N) is 1. The number of hydrogen-bond acceptors (Lipinski definition) is 4. The molecular formula is C29H21Cl2N3O3. The summed E-state index contributed by atoms with van der Waals surface area (Å²) in [6, 6.07) is 28.7. The van der Waals surface area contributed by atoms with Gasteiger partial charge in [-0.1, -0.05) is 47.5 Å². The largest absolute Gasteiger partial charge is 0.497 e. The van der Waals surface area contributed by atoms with Gasteiger partial charge in [0.25, 0.3) is 0 Å². The van der Waals surface area contributed by atoms with Crippen molar-refractivity contribution < 1.29 is 14.3 Å². The molecule has 0 radical (unpaired) electrons. The Balaban J connectivity index is 1.38. The minimum Gasteiger partial charge on any atom is -0.497 e. The minimum absolute atomic E-state index is 0.402. The molecule has 184 valence electrons. The summed E-state index contributed by atoms with van der Waals surface area (Å²) in [5.74, 6) is 2.04. The maximum absolute atomic E-state index is 13.1. The third-order valence-electron chi connectivity index (χ3n) is 5.60. The molecule has 8 heteroatoms. The van der Waals surface area contributed by atoms with Crippen LogP contribution in [0.1, 0.15) is 0 Å². The van der Waals surface area contributed by atoms with Crippen LogP contribution >= 0.6 is 23.2 Å². The fourth-order valence-corrected chi connectivity index (χ4v) is 3.96. The van der Waals surface area contributed by atoms with Crippen molar-refractivity contribution in [2.45, 2.75) is 0 Å². The average Bonchev–Trinajstić information content (AvgIpc) is 3.37. The Morgan fingerprint density at radius 2 is 1.24 bits per heavy atom. The first kappa shape index (κ1) is 24.4. The Morgan fingerprint density at radius 3 is 1.84 bits per heavy atom. The maximum atomic E-state index is 13.1. The molecule has 0 spiro atoms. The van der Waals surface area contributed by atoms with Crippen LogP contribution in [0.25, 0.3) is 22.4 Å². The van der Waals surface area contributed by atoms with E-state index < -0.39 is 6.03 Å². The van der Waals surface area contributed by atoms with Gasteiger partial charge in [0, 0.05) is 33.1 Å². The first-order chi connectivity index (χ1) is 18.0. The van der Waals surface area contributed by atoms with E-state index in [9.17, 15) is 4.79 Å². The van der Waals surface area contributed by atoms with E-state index in [4.69, 9.17) is 32.7 Å². The number of carbonyl (C=O) groups excluding carboxylic acids is 1. The van der Waals surface area contributed by atoms with E-state index in [1.807, 2.05) is 36.4 Å². The van der Waals surface area contributed by atoms with Gasteiger partial charge in [-0.2, -0.15) is 9.78 Å². The van der Waals surface area contributed by atoms with Crippen molar-refractivity contribution in [3.8, 4) is 39.6 Å². The van der Waals surface area contributed by atoms with E-state index in [0.29, 0.717) is 32.9 Å². The van der Waals surface area contributed by atoms with E-state index in [2.05, 4.69) is 10.4 Å². The van der Waals surface area contributed by atoms with Crippen molar-refractivity contribution in [3.63, 3.8) is 0 Å². The first-order valence-electron chi connectivity index (χ1n) is 11.3. The number of anilines is 1. The summed E-state index contributed by atoms with van der Waals surface area (Å²) in [5, 5.41) is 8.73. The van der Waals surface area contributed by atoms with E-state index in [0.717, 1.165) is 22.4 Å². The van der Waals surface area contributed by atoms with Gasteiger partial charge in [-0.3, -0.25) is 0 Å². The topological polar surface area (TPSA) is 65.4 Å². The molecule has 0 aliphatic carbocycles. The maximum Gasteiger partial charge on any atom is 0.346 e. The van der Waals surface area contributed by atoms with Crippen LogP contribution in [0.3, 0.4) is 0 Å². The number of amides is 1. The zero-order valence-corrected chi connectivity index (χ0v) is 21.2. The van der Waals surface area contributed by atoms with Gasteiger partial charge in [-0.25, -0.2) is 4.79 Å². The molecule has 5 rings (SSSR count). The Kier molecular flexibility index (Phi) is 7.12. The monoisotopic (exact) mass is 529 g/mol. The van der Waals surface area contributed by atoms with Crippen molar-refractivity contribution in [1.29, 1.82) is 0 Å². The molecule has 0 unspecified atom stereocenters. The van der Waals surface area contributed by atoms with Gasteiger partial charge in [0.05, 0.1) is 7.11 Å². The summed E-state index contributed by atoms with van der Waals surface area (Å²) in [6.45, 7) is 0. The second-order valence-electron chi connectivity index (χ2n) is 8.08. The molecular weight excluding hydrogens is 509 g/mol. The molecule has 0 aliphatic heterocycles. The predicted molar refractivity (Wildman–Crippen MR) is 147 cm³/mol. The molecule has 37 heavy (non-hydrogen) atoms. The van der Waals surface area contributed by atoms with E-state index in [-0.39, 0.29) is 0 Å². The number of methoxy groups -OCH3 is 1. The molecule has 0 saturated carbocycles. The Morgan fingerprint density at radius 1 is 0.730 bits per heavy atom. The summed E-state index contributed by atoms with van der Waals surface area (Å²) in [4.78, 5) is 13.1. The molecule has 1 amide bonds. The molecule has 0 atom stereocenters. The lowest BCUT2D eigenvalue weighted by atomic mass is 10.0. The average molecular weight is 530 g/mol. The normalized spacial score (nSPS) is 10.7. The molecule has 0 aliphatic rings. The van der Waals surface area contributed by atoms with Crippen LogP contribution in [0.15, 0.2) is 103 Å². The highest BCUT2D eigenvalue weighted by atomic mass is 35.5. The van der Waals surface area contributed by atoms with Gasteiger partial charge < -0.3 is 14.8 Å². The van der Waals surface area contributed by atoms with E-state index in [1.54, 1.807) is 74.0 Å². The van der Waals surface area contributed by atoms with E-state index >= 15 is 0 Å². The van der Waals surface area contributed by atoms with Gasteiger partial charge in [0.15, 0.2) is 0 Å². The lowest BCUT2D eigenvalue weighted by Gasteiger charge is -2.08. The van der Waals surface area contributed by atoms with Crippen LogP contribution in [-0.4, -0.2) is 22.9 Å². The van der Waals surface area contributed by atoms with Crippen molar-refractivity contribution in [3.05, 3.63) is 113 Å². The molecule has 0 fully saturated rings. The summed E-state index contributed by atoms with van der Waals surface area (Å²) in [7, 11) is 1.62. The number of hydrogen-bond donors (Lipinski definition) is 1. The smallest absolute Gasteiger partial charge is 0.346 e. The Hall–Kier alpha value is -4.26. The molecule has 5 aromatic rings. The first-order valence-corrected chi connectivity index (χ1v) is 12.1. The van der Waals surface area contributed by atoms with Crippen LogP contribution in [0.4, 0.5) is 10.5 Å². The van der Waals surface area contributed by atoms with Crippen LogP contribution in [0, 0.1) is 0 Å². The summed E-state index contributed by atoms with van der Waals surface area (Å²) in [6.07, 6.45) is 1.71. The quantitative estimate of drug-likeness (QED) is 0.239. The highest BCUT2D eigenvalue weighted by molar-refractivity contribution is 6.30. The number of rotatable bonds is 6. The lowest BCUT2D eigenvalue weighted by Crippen LogP contribution is -2.19. The number of ether oxygens (including phenoxy) is 2. The van der Waals surface area contributed by atoms with Gasteiger partial charge in [0.2, 0.25) is 0 Å². The zero-order chi connectivity index (χ0) is 25.8.